The molecule has 0 amide bonds. The molecule has 0 bridgehead atoms. The quantitative estimate of drug-likeness (QED) is 0.893. The number of rotatable bonds is 2. The number of anilines is 1. The Morgan fingerprint density at radius 1 is 1.40 bits per heavy atom. The molecule has 0 fully saturated rings. The van der Waals surface area contributed by atoms with Gasteiger partial charge in [0.05, 0.1) is 16.7 Å². The summed E-state index contributed by atoms with van der Waals surface area (Å²) in [6.45, 7) is 0.520. The van der Waals surface area contributed by atoms with Gasteiger partial charge in [-0.3, -0.25) is 4.68 Å². The topological polar surface area (TPSA) is 74.5 Å². The number of nitrogens with two attached hydrogens (primary N) is 1. The van der Waals surface area contributed by atoms with Gasteiger partial charge in [-0.1, -0.05) is 0 Å². The van der Waals surface area contributed by atoms with E-state index in [4.69, 9.17) is 5.73 Å². The van der Waals surface area contributed by atoms with E-state index in [2.05, 4.69) is 47.0 Å². The Bertz CT molecular complexity index is 443. The highest BCUT2D eigenvalue weighted by atomic mass is 79.9. The molecule has 2 aromatic rings. The molecule has 0 aromatic carbocycles. The lowest BCUT2D eigenvalue weighted by molar-refractivity contribution is 0.637. The molecule has 8 heteroatoms. The van der Waals surface area contributed by atoms with Gasteiger partial charge in [-0.25, -0.2) is 4.68 Å². The Hall–Kier alpha value is -0.890. The fourth-order valence-corrected chi connectivity index (χ4v) is 2.08. The molecule has 2 N–H and O–H groups in total. The van der Waals surface area contributed by atoms with Gasteiger partial charge in [0.1, 0.15) is 0 Å². The summed E-state index contributed by atoms with van der Waals surface area (Å²) in [4.78, 5) is 3.94. The summed E-state index contributed by atoms with van der Waals surface area (Å²) in [7, 11) is 1.86. The van der Waals surface area contributed by atoms with Crippen molar-refractivity contribution in [2.45, 2.75) is 6.54 Å². The molecule has 0 aliphatic rings. The molecule has 0 aliphatic heterocycles. The van der Waals surface area contributed by atoms with Crippen molar-refractivity contribution in [2.75, 3.05) is 5.73 Å². The zero-order valence-corrected chi connectivity index (χ0v) is 11.0. The standard InChI is InChI=1S/C7H8Br2N6/c1-14-2-4(8)5(12-14)3-15-6(9)11-7(10)13-15/h2H,3H2,1H3,(H2,10,13). The predicted octanol–water partition coefficient (Wildman–Crippen LogP) is 1.17. The lowest BCUT2D eigenvalue weighted by Crippen LogP contribution is -2.04. The first-order valence-electron chi connectivity index (χ1n) is 4.10. The van der Waals surface area contributed by atoms with Crippen LogP contribution in [0.1, 0.15) is 5.69 Å². The number of hydrogen-bond acceptors (Lipinski definition) is 4. The first-order chi connectivity index (χ1) is 7.06. The van der Waals surface area contributed by atoms with Crippen LogP contribution in [-0.2, 0) is 13.6 Å². The third kappa shape index (κ3) is 2.20. The Balaban J connectivity index is 2.29. The average Bonchev–Trinajstić information content (AvgIpc) is 2.58. The van der Waals surface area contributed by atoms with Crippen LogP contribution in [0.2, 0.25) is 0 Å². The normalized spacial score (nSPS) is 10.9. The molecular weight excluding hydrogens is 328 g/mol. The highest BCUT2D eigenvalue weighted by molar-refractivity contribution is 9.10. The van der Waals surface area contributed by atoms with E-state index in [9.17, 15) is 0 Å². The Morgan fingerprint density at radius 2 is 2.13 bits per heavy atom. The van der Waals surface area contributed by atoms with Gasteiger partial charge >= 0.3 is 0 Å². The molecule has 15 heavy (non-hydrogen) atoms. The van der Waals surface area contributed by atoms with Crippen molar-refractivity contribution in [2.24, 2.45) is 7.05 Å². The maximum atomic E-state index is 5.47. The first-order valence-corrected chi connectivity index (χ1v) is 5.68. The molecule has 0 saturated carbocycles. The van der Waals surface area contributed by atoms with Gasteiger partial charge in [-0.15, -0.1) is 5.10 Å². The van der Waals surface area contributed by atoms with Crippen molar-refractivity contribution in [3.8, 4) is 0 Å². The SMILES string of the molecule is Cn1cc(Br)c(Cn2nc(N)nc2Br)n1. The van der Waals surface area contributed by atoms with E-state index in [-0.39, 0.29) is 5.95 Å². The number of halogens is 2. The second kappa shape index (κ2) is 3.93. The Kier molecular flexibility index (Phi) is 2.79. The largest absolute Gasteiger partial charge is 0.366 e. The van der Waals surface area contributed by atoms with Crippen LogP contribution in [0.3, 0.4) is 0 Å². The minimum absolute atomic E-state index is 0.244. The zero-order chi connectivity index (χ0) is 11.0. The summed E-state index contributed by atoms with van der Waals surface area (Å²) in [5.74, 6) is 0.244. The molecule has 2 heterocycles. The smallest absolute Gasteiger partial charge is 0.240 e. The number of nitrogen functional groups attached to an aromatic ring is 1. The van der Waals surface area contributed by atoms with Crippen LogP contribution in [-0.4, -0.2) is 24.5 Å². The fraction of sp³-hybridized carbons (Fsp3) is 0.286. The molecule has 6 nitrogen and oxygen atoms in total. The van der Waals surface area contributed by atoms with E-state index in [1.807, 2.05) is 13.2 Å². The van der Waals surface area contributed by atoms with Crippen molar-refractivity contribution >= 4 is 37.8 Å². The molecule has 2 rings (SSSR count). The summed E-state index contributed by atoms with van der Waals surface area (Å²) >= 11 is 6.68. The van der Waals surface area contributed by atoms with Crippen LogP contribution in [0.4, 0.5) is 5.95 Å². The summed E-state index contributed by atoms with van der Waals surface area (Å²) in [5, 5.41) is 8.30. The molecule has 0 saturated heterocycles. The molecule has 0 spiro atoms. The Labute approximate surface area is 103 Å². The van der Waals surface area contributed by atoms with Crippen molar-refractivity contribution in [3.05, 3.63) is 21.1 Å². The second-order valence-corrected chi connectivity index (χ2v) is 4.56. The molecule has 0 radical (unpaired) electrons. The van der Waals surface area contributed by atoms with Gasteiger partial charge in [0.25, 0.3) is 0 Å². The van der Waals surface area contributed by atoms with E-state index < -0.39 is 0 Å². The number of aromatic nitrogens is 5. The van der Waals surface area contributed by atoms with Crippen LogP contribution in [0, 0.1) is 0 Å². The third-order valence-corrected chi connectivity index (χ3v) is 3.05. The number of nitrogens with zero attached hydrogens (tertiary/aromatic N) is 5. The van der Waals surface area contributed by atoms with Gasteiger partial charge < -0.3 is 5.73 Å². The van der Waals surface area contributed by atoms with E-state index in [0.717, 1.165) is 10.2 Å². The number of hydrogen-bond donors (Lipinski definition) is 1. The predicted molar refractivity (Wildman–Crippen MR) is 62.1 cm³/mol. The summed E-state index contributed by atoms with van der Waals surface area (Å²) in [6, 6.07) is 0. The van der Waals surface area contributed by atoms with E-state index in [0.29, 0.717) is 11.3 Å². The van der Waals surface area contributed by atoms with Crippen LogP contribution in [0.15, 0.2) is 15.4 Å². The molecule has 0 aliphatic carbocycles. The highest BCUT2D eigenvalue weighted by Gasteiger charge is 2.10. The molecule has 0 unspecified atom stereocenters. The minimum atomic E-state index is 0.244. The van der Waals surface area contributed by atoms with E-state index in [1.54, 1.807) is 9.36 Å². The molecule has 80 valence electrons. The molecule has 0 atom stereocenters. The summed E-state index contributed by atoms with van der Waals surface area (Å²) < 4.78 is 4.90. The van der Waals surface area contributed by atoms with Crippen molar-refractivity contribution < 1.29 is 0 Å². The molecule has 2 aromatic heterocycles. The van der Waals surface area contributed by atoms with Gasteiger partial charge in [0.15, 0.2) is 4.73 Å². The van der Waals surface area contributed by atoms with Crippen LogP contribution in [0.25, 0.3) is 0 Å². The average molecular weight is 336 g/mol. The van der Waals surface area contributed by atoms with Crippen LogP contribution < -0.4 is 5.73 Å². The maximum absolute atomic E-state index is 5.47. The van der Waals surface area contributed by atoms with Crippen molar-refractivity contribution in [1.29, 1.82) is 0 Å². The van der Waals surface area contributed by atoms with E-state index in [1.165, 1.54) is 0 Å². The maximum Gasteiger partial charge on any atom is 0.240 e. The fourth-order valence-electron chi connectivity index (χ4n) is 1.19. The lowest BCUT2D eigenvalue weighted by Gasteiger charge is -1.98. The lowest BCUT2D eigenvalue weighted by atomic mass is 10.4. The van der Waals surface area contributed by atoms with Gasteiger partial charge in [0, 0.05) is 13.2 Å². The second-order valence-electron chi connectivity index (χ2n) is 2.99. The van der Waals surface area contributed by atoms with Crippen molar-refractivity contribution in [1.82, 2.24) is 24.5 Å². The van der Waals surface area contributed by atoms with Gasteiger partial charge in [0.2, 0.25) is 5.95 Å². The number of aryl methyl sites for hydroxylation is 1. The monoisotopic (exact) mass is 334 g/mol. The Morgan fingerprint density at radius 3 is 2.60 bits per heavy atom. The molecular formula is C7H8Br2N6. The zero-order valence-electron chi connectivity index (χ0n) is 7.85. The van der Waals surface area contributed by atoms with Gasteiger partial charge in [-0.2, -0.15) is 10.1 Å². The van der Waals surface area contributed by atoms with Crippen LogP contribution >= 0.6 is 31.9 Å². The third-order valence-electron chi connectivity index (χ3n) is 1.80. The highest BCUT2D eigenvalue weighted by Crippen LogP contribution is 2.17. The minimum Gasteiger partial charge on any atom is -0.366 e. The van der Waals surface area contributed by atoms with E-state index >= 15 is 0 Å². The van der Waals surface area contributed by atoms with Crippen molar-refractivity contribution in [3.63, 3.8) is 0 Å². The first kappa shape index (κ1) is 10.6. The summed E-state index contributed by atoms with van der Waals surface area (Å²) in [5.41, 5.74) is 6.34. The van der Waals surface area contributed by atoms with Gasteiger partial charge in [-0.05, 0) is 31.9 Å². The summed E-state index contributed by atoms with van der Waals surface area (Å²) in [6.07, 6.45) is 1.88. The van der Waals surface area contributed by atoms with Crippen LogP contribution in [0.5, 0.6) is 0 Å².